The van der Waals surface area contributed by atoms with Crippen LogP contribution in [0.5, 0.6) is 5.75 Å². The number of carbonyl (C=O) groups excluding carboxylic acids is 1. The van der Waals surface area contributed by atoms with Crippen molar-refractivity contribution >= 4 is 39.3 Å². The Kier molecular flexibility index (Phi) is 3.65. The van der Waals surface area contributed by atoms with Crippen LogP contribution in [0.1, 0.15) is 21.7 Å². The Labute approximate surface area is 160 Å². The second-order valence-electron chi connectivity index (χ2n) is 6.85. The van der Waals surface area contributed by atoms with Crippen molar-refractivity contribution in [2.75, 3.05) is 13.7 Å². The number of methoxy groups -OCH3 is 1. The van der Waals surface area contributed by atoms with Gasteiger partial charge < -0.3 is 19.6 Å². The summed E-state index contributed by atoms with van der Waals surface area (Å²) in [5.41, 5.74) is 4.88. The van der Waals surface area contributed by atoms with E-state index in [0.29, 0.717) is 23.8 Å². The van der Waals surface area contributed by atoms with Crippen LogP contribution in [0.4, 0.5) is 0 Å². The van der Waals surface area contributed by atoms with Gasteiger partial charge in [-0.15, -0.1) is 0 Å². The van der Waals surface area contributed by atoms with E-state index in [0.717, 1.165) is 39.5 Å². The lowest BCUT2D eigenvalue weighted by Gasteiger charge is -2.27. The van der Waals surface area contributed by atoms with Gasteiger partial charge in [-0.05, 0) is 36.4 Å². The fourth-order valence-electron chi connectivity index (χ4n) is 3.95. The third-order valence-electron chi connectivity index (χ3n) is 5.30. The SMILES string of the molecule is COc1cccc2[nH]c(C(=O)N3CCc4[nH]c5ccc(Cl)cc5c4C3)cc12. The van der Waals surface area contributed by atoms with Crippen LogP contribution in [-0.4, -0.2) is 34.4 Å². The number of halogens is 1. The minimum absolute atomic E-state index is 0.00437. The van der Waals surface area contributed by atoms with Gasteiger partial charge in [-0.25, -0.2) is 0 Å². The molecule has 0 saturated heterocycles. The van der Waals surface area contributed by atoms with Crippen LogP contribution in [0.15, 0.2) is 42.5 Å². The second-order valence-corrected chi connectivity index (χ2v) is 7.29. The quantitative estimate of drug-likeness (QED) is 0.538. The molecule has 1 amide bonds. The molecule has 2 aromatic carbocycles. The van der Waals surface area contributed by atoms with E-state index in [1.54, 1.807) is 7.11 Å². The zero-order valence-electron chi connectivity index (χ0n) is 14.8. The number of nitrogens with zero attached hydrogens (tertiary/aromatic N) is 1. The molecule has 1 aliphatic rings. The first-order valence-corrected chi connectivity index (χ1v) is 9.26. The van der Waals surface area contributed by atoms with E-state index in [1.807, 2.05) is 47.4 Å². The molecule has 1 aliphatic heterocycles. The van der Waals surface area contributed by atoms with Gasteiger partial charge in [0.2, 0.25) is 0 Å². The summed E-state index contributed by atoms with van der Waals surface area (Å²) in [5.74, 6) is 0.755. The summed E-state index contributed by atoms with van der Waals surface area (Å²) in [5, 5.41) is 2.71. The minimum atomic E-state index is -0.00437. The summed E-state index contributed by atoms with van der Waals surface area (Å²) in [6, 6.07) is 13.5. The Hall–Kier alpha value is -2.92. The van der Waals surface area contributed by atoms with E-state index in [1.165, 1.54) is 5.69 Å². The maximum atomic E-state index is 13.1. The van der Waals surface area contributed by atoms with Crippen LogP contribution in [0.2, 0.25) is 5.02 Å². The second kappa shape index (κ2) is 6.06. The van der Waals surface area contributed by atoms with Crippen LogP contribution in [0.3, 0.4) is 0 Å². The van der Waals surface area contributed by atoms with Crippen LogP contribution in [-0.2, 0) is 13.0 Å². The highest BCUT2D eigenvalue weighted by Crippen LogP contribution is 2.31. The molecule has 0 aliphatic carbocycles. The molecule has 2 aromatic heterocycles. The molecule has 4 aromatic rings. The predicted octanol–water partition coefficient (Wildman–Crippen LogP) is 4.51. The van der Waals surface area contributed by atoms with E-state index in [9.17, 15) is 4.79 Å². The number of carbonyl (C=O) groups is 1. The van der Waals surface area contributed by atoms with Crippen molar-refractivity contribution in [1.82, 2.24) is 14.9 Å². The lowest BCUT2D eigenvalue weighted by Crippen LogP contribution is -2.35. The standard InChI is InChI=1S/C21H18ClN3O2/c1-27-20-4-2-3-16-14(20)10-19(24-16)21(26)25-8-7-18-15(11-25)13-9-12(22)5-6-17(13)23-18/h2-6,9-10,23-24H,7-8,11H2,1H3. The Morgan fingerprint density at radius 3 is 2.81 bits per heavy atom. The number of amides is 1. The number of nitrogens with one attached hydrogen (secondary N) is 2. The van der Waals surface area contributed by atoms with Gasteiger partial charge in [0.15, 0.2) is 0 Å². The molecule has 0 bridgehead atoms. The van der Waals surface area contributed by atoms with E-state index in [2.05, 4.69) is 9.97 Å². The van der Waals surface area contributed by atoms with E-state index >= 15 is 0 Å². The minimum Gasteiger partial charge on any atom is -0.496 e. The predicted molar refractivity (Wildman–Crippen MR) is 107 cm³/mol. The molecular weight excluding hydrogens is 362 g/mol. The number of aromatic nitrogens is 2. The van der Waals surface area contributed by atoms with Gasteiger partial charge in [-0.2, -0.15) is 0 Å². The summed E-state index contributed by atoms with van der Waals surface area (Å²) < 4.78 is 5.40. The zero-order chi connectivity index (χ0) is 18.5. The average molecular weight is 380 g/mol. The van der Waals surface area contributed by atoms with Gasteiger partial charge in [0.25, 0.3) is 5.91 Å². The average Bonchev–Trinajstić information content (AvgIpc) is 3.28. The molecule has 5 nitrogen and oxygen atoms in total. The first-order valence-electron chi connectivity index (χ1n) is 8.88. The van der Waals surface area contributed by atoms with Crippen LogP contribution in [0.25, 0.3) is 21.8 Å². The lowest BCUT2D eigenvalue weighted by atomic mass is 10.0. The summed E-state index contributed by atoms with van der Waals surface area (Å²) >= 11 is 6.18. The number of hydrogen-bond donors (Lipinski definition) is 2. The molecule has 27 heavy (non-hydrogen) atoms. The maximum absolute atomic E-state index is 13.1. The normalized spacial score (nSPS) is 13.9. The highest BCUT2D eigenvalue weighted by atomic mass is 35.5. The van der Waals surface area contributed by atoms with E-state index in [-0.39, 0.29) is 5.91 Å². The number of benzene rings is 2. The number of H-pyrrole nitrogens is 2. The molecule has 0 saturated carbocycles. The van der Waals surface area contributed by atoms with Crippen molar-refractivity contribution in [3.05, 3.63) is 64.4 Å². The van der Waals surface area contributed by atoms with E-state index in [4.69, 9.17) is 16.3 Å². The van der Waals surface area contributed by atoms with Gasteiger partial charge in [-0.3, -0.25) is 4.79 Å². The summed E-state index contributed by atoms with van der Waals surface area (Å²) in [7, 11) is 1.64. The van der Waals surface area contributed by atoms with Gasteiger partial charge in [0.05, 0.1) is 7.11 Å². The largest absolute Gasteiger partial charge is 0.496 e. The van der Waals surface area contributed by atoms with Crippen molar-refractivity contribution in [2.45, 2.75) is 13.0 Å². The van der Waals surface area contributed by atoms with Gasteiger partial charge in [-0.1, -0.05) is 17.7 Å². The first-order chi connectivity index (χ1) is 13.1. The summed E-state index contributed by atoms with van der Waals surface area (Å²) in [4.78, 5) is 21.7. The Balaban J connectivity index is 1.50. The maximum Gasteiger partial charge on any atom is 0.270 e. The molecule has 2 N–H and O–H groups in total. The van der Waals surface area contributed by atoms with Crippen molar-refractivity contribution in [1.29, 1.82) is 0 Å². The summed E-state index contributed by atoms with van der Waals surface area (Å²) in [6.07, 6.45) is 0.803. The Bertz CT molecular complexity index is 1190. The Morgan fingerprint density at radius 2 is 1.96 bits per heavy atom. The van der Waals surface area contributed by atoms with Crippen molar-refractivity contribution in [3.8, 4) is 5.75 Å². The third-order valence-corrected chi connectivity index (χ3v) is 5.53. The van der Waals surface area contributed by atoms with E-state index < -0.39 is 0 Å². The molecular formula is C21H18ClN3O2. The van der Waals surface area contributed by atoms with Crippen molar-refractivity contribution in [2.24, 2.45) is 0 Å². The monoisotopic (exact) mass is 379 g/mol. The van der Waals surface area contributed by atoms with Crippen LogP contribution in [0, 0.1) is 0 Å². The van der Waals surface area contributed by atoms with Crippen molar-refractivity contribution < 1.29 is 9.53 Å². The van der Waals surface area contributed by atoms with Crippen LogP contribution >= 0.6 is 11.6 Å². The number of hydrogen-bond acceptors (Lipinski definition) is 2. The first kappa shape index (κ1) is 16.3. The third kappa shape index (κ3) is 2.58. The number of ether oxygens (including phenoxy) is 1. The van der Waals surface area contributed by atoms with Gasteiger partial charge in [0, 0.05) is 57.6 Å². The molecule has 5 rings (SSSR count). The highest BCUT2D eigenvalue weighted by molar-refractivity contribution is 6.31. The molecule has 0 fully saturated rings. The number of fused-ring (bicyclic) bond motifs is 4. The highest BCUT2D eigenvalue weighted by Gasteiger charge is 2.26. The van der Waals surface area contributed by atoms with Crippen LogP contribution < -0.4 is 4.74 Å². The smallest absolute Gasteiger partial charge is 0.270 e. The summed E-state index contributed by atoms with van der Waals surface area (Å²) in [6.45, 7) is 1.25. The number of rotatable bonds is 2. The molecule has 0 spiro atoms. The topological polar surface area (TPSA) is 61.1 Å². The van der Waals surface area contributed by atoms with Gasteiger partial charge >= 0.3 is 0 Å². The molecule has 0 atom stereocenters. The van der Waals surface area contributed by atoms with Crippen molar-refractivity contribution in [3.63, 3.8) is 0 Å². The number of aromatic amines is 2. The zero-order valence-corrected chi connectivity index (χ0v) is 15.6. The molecule has 0 radical (unpaired) electrons. The molecule has 6 heteroatoms. The fourth-order valence-corrected chi connectivity index (χ4v) is 4.12. The van der Waals surface area contributed by atoms with Gasteiger partial charge in [0.1, 0.15) is 11.4 Å². The molecule has 136 valence electrons. The lowest BCUT2D eigenvalue weighted by molar-refractivity contribution is 0.0730. The molecule has 0 unspecified atom stereocenters. The molecule has 3 heterocycles. The fraction of sp³-hybridized carbons (Fsp3) is 0.190. The Morgan fingerprint density at radius 1 is 1.11 bits per heavy atom.